The van der Waals surface area contributed by atoms with Gasteiger partial charge in [-0.1, -0.05) is 42.5 Å². The van der Waals surface area contributed by atoms with E-state index in [4.69, 9.17) is 0 Å². The first-order valence-electron chi connectivity index (χ1n) is 11.9. The van der Waals surface area contributed by atoms with Crippen LogP contribution in [0.5, 0.6) is 0 Å². The zero-order chi connectivity index (χ0) is 25.3. The Morgan fingerprint density at radius 2 is 1.75 bits per heavy atom. The minimum atomic E-state index is -4.42. The van der Waals surface area contributed by atoms with Crippen LogP contribution in [0.1, 0.15) is 34.3 Å². The molecule has 0 aliphatic carbocycles. The first kappa shape index (κ1) is 24.0. The zero-order valence-electron chi connectivity index (χ0n) is 19.8. The normalized spacial score (nSPS) is 15.3. The van der Waals surface area contributed by atoms with Crippen LogP contribution in [0.4, 0.5) is 13.2 Å². The van der Waals surface area contributed by atoms with Crippen molar-refractivity contribution in [3.8, 4) is 11.3 Å². The fourth-order valence-electron chi connectivity index (χ4n) is 4.62. The van der Waals surface area contributed by atoms with Gasteiger partial charge in [0.15, 0.2) is 5.65 Å². The van der Waals surface area contributed by atoms with E-state index < -0.39 is 11.7 Å². The van der Waals surface area contributed by atoms with E-state index in [1.807, 2.05) is 18.2 Å². The second-order valence-electron chi connectivity index (χ2n) is 9.15. The van der Waals surface area contributed by atoms with Gasteiger partial charge in [-0.2, -0.15) is 18.3 Å². The minimum absolute atomic E-state index is 0.0407. The third kappa shape index (κ3) is 5.11. The van der Waals surface area contributed by atoms with Gasteiger partial charge in [0, 0.05) is 38.3 Å². The Kier molecular flexibility index (Phi) is 6.49. The summed E-state index contributed by atoms with van der Waals surface area (Å²) in [6, 6.07) is 16.8. The van der Waals surface area contributed by atoms with E-state index in [0.717, 1.165) is 44.6 Å². The molecule has 3 heterocycles. The number of pyridine rings is 1. The maximum absolute atomic E-state index is 13.3. The van der Waals surface area contributed by atoms with Crippen molar-refractivity contribution in [2.24, 2.45) is 7.05 Å². The van der Waals surface area contributed by atoms with Crippen LogP contribution in [0.3, 0.4) is 0 Å². The molecule has 36 heavy (non-hydrogen) atoms. The first-order valence-corrected chi connectivity index (χ1v) is 11.9. The summed E-state index contributed by atoms with van der Waals surface area (Å²) in [5, 5.41) is 7.99. The summed E-state index contributed by atoms with van der Waals surface area (Å²) in [5.41, 5.74) is 2.36. The molecule has 0 saturated carbocycles. The Morgan fingerprint density at radius 3 is 2.42 bits per heavy atom. The summed E-state index contributed by atoms with van der Waals surface area (Å²) >= 11 is 0. The van der Waals surface area contributed by atoms with Crippen molar-refractivity contribution in [2.45, 2.75) is 31.6 Å². The Labute approximate surface area is 206 Å². The highest BCUT2D eigenvalue weighted by molar-refractivity contribution is 6.06. The molecule has 1 N–H and O–H groups in total. The Morgan fingerprint density at radius 1 is 1.06 bits per heavy atom. The van der Waals surface area contributed by atoms with E-state index in [1.165, 1.54) is 17.7 Å². The maximum atomic E-state index is 13.3. The molecule has 1 saturated heterocycles. The van der Waals surface area contributed by atoms with E-state index >= 15 is 0 Å². The zero-order valence-corrected chi connectivity index (χ0v) is 19.8. The van der Waals surface area contributed by atoms with Crippen molar-refractivity contribution in [3.05, 3.63) is 83.6 Å². The molecule has 0 spiro atoms. The second kappa shape index (κ2) is 9.73. The summed E-state index contributed by atoms with van der Waals surface area (Å²) in [7, 11) is 1.72. The standard InChI is InChI=1S/C27H26F3N5O/c1-34-25-23(16-31-34)22(15-24(33-25)19-7-9-20(10-8-19)27(28,29)30)26(36)32-21-11-13-35(14-12-21)17-18-5-3-2-4-6-18/h2-10,15-16,21H,11-14,17H2,1H3,(H,32,36). The van der Waals surface area contributed by atoms with E-state index in [2.05, 4.69) is 32.4 Å². The predicted molar refractivity (Wildman–Crippen MR) is 131 cm³/mol. The van der Waals surface area contributed by atoms with Crippen LogP contribution in [-0.2, 0) is 19.8 Å². The number of alkyl halides is 3. The molecule has 0 radical (unpaired) electrons. The lowest BCUT2D eigenvalue weighted by atomic mass is 10.0. The highest BCUT2D eigenvalue weighted by Crippen LogP contribution is 2.31. The van der Waals surface area contributed by atoms with Crippen molar-refractivity contribution >= 4 is 16.9 Å². The number of hydrogen-bond donors (Lipinski definition) is 1. The van der Waals surface area contributed by atoms with Gasteiger partial charge in [0.1, 0.15) is 0 Å². The molecule has 1 aliphatic heterocycles. The van der Waals surface area contributed by atoms with Crippen LogP contribution in [0, 0.1) is 0 Å². The highest BCUT2D eigenvalue weighted by atomic mass is 19.4. The maximum Gasteiger partial charge on any atom is 0.416 e. The van der Waals surface area contributed by atoms with Gasteiger partial charge in [-0.05, 0) is 36.6 Å². The molecule has 0 bridgehead atoms. The van der Waals surface area contributed by atoms with Crippen LogP contribution in [-0.4, -0.2) is 44.7 Å². The molecule has 9 heteroatoms. The Hall–Kier alpha value is -3.72. The topological polar surface area (TPSA) is 63.1 Å². The van der Waals surface area contributed by atoms with Crippen molar-refractivity contribution in [1.82, 2.24) is 25.0 Å². The number of rotatable bonds is 5. The lowest BCUT2D eigenvalue weighted by Crippen LogP contribution is -2.44. The Bertz CT molecular complexity index is 1360. The molecule has 0 atom stereocenters. The molecule has 0 unspecified atom stereocenters. The van der Waals surface area contributed by atoms with E-state index in [-0.39, 0.29) is 11.9 Å². The number of aryl methyl sites for hydroxylation is 1. The van der Waals surface area contributed by atoms with Gasteiger partial charge >= 0.3 is 6.18 Å². The summed E-state index contributed by atoms with van der Waals surface area (Å²) in [5.74, 6) is -0.231. The van der Waals surface area contributed by atoms with Gasteiger partial charge in [0.05, 0.1) is 28.4 Å². The molecule has 2 aromatic heterocycles. The Balaban J connectivity index is 1.33. The molecular weight excluding hydrogens is 467 g/mol. The number of likely N-dealkylation sites (tertiary alicyclic amines) is 1. The predicted octanol–water partition coefficient (Wildman–Crippen LogP) is 5.05. The summed E-state index contributed by atoms with van der Waals surface area (Å²) in [6.45, 7) is 2.66. The van der Waals surface area contributed by atoms with Crippen LogP contribution >= 0.6 is 0 Å². The number of nitrogens with one attached hydrogen (secondary N) is 1. The number of nitrogens with zero attached hydrogens (tertiary/aromatic N) is 4. The van der Waals surface area contributed by atoms with E-state index in [1.54, 1.807) is 24.0 Å². The smallest absolute Gasteiger partial charge is 0.349 e. The molecule has 1 amide bonds. The van der Waals surface area contributed by atoms with Gasteiger partial charge in [0.25, 0.3) is 5.91 Å². The van der Waals surface area contributed by atoms with Crippen LogP contribution in [0.15, 0.2) is 66.9 Å². The van der Waals surface area contributed by atoms with E-state index in [9.17, 15) is 18.0 Å². The molecule has 6 nitrogen and oxygen atoms in total. The number of carbonyl (C=O) groups is 1. The third-order valence-electron chi connectivity index (χ3n) is 6.63. The fraction of sp³-hybridized carbons (Fsp3) is 0.296. The molecule has 1 fully saturated rings. The number of piperidine rings is 1. The number of hydrogen-bond acceptors (Lipinski definition) is 4. The van der Waals surface area contributed by atoms with Crippen molar-refractivity contribution < 1.29 is 18.0 Å². The van der Waals surface area contributed by atoms with Crippen molar-refractivity contribution in [2.75, 3.05) is 13.1 Å². The lowest BCUT2D eigenvalue weighted by Gasteiger charge is -2.32. The summed E-state index contributed by atoms with van der Waals surface area (Å²) < 4.78 is 40.5. The van der Waals surface area contributed by atoms with Crippen molar-refractivity contribution in [3.63, 3.8) is 0 Å². The first-order chi connectivity index (χ1) is 17.3. The molecule has 2 aromatic carbocycles. The number of aromatic nitrogens is 3. The van der Waals surface area contributed by atoms with Gasteiger partial charge in [-0.25, -0.2) is 4.98 Å². The molecule has 1 aliphatic rings. The molecular formula is C27H26F3N5O. The summed E-state index contributed by atoms with van der Waals surface area (Å²) in [4.78, 5) is 20.3. The molecule has 186 valence electrons. The molecule has 5 rings (SSSR count). The van der Waals surface area contributed by atoms with E-state index in [0.29, 0.717) is 27.9 Å². The van der Waals surface area contributed by atoms with Crippen LogP contribution < -0.4 is 5.32 Å². The number of carbonyl (C=O) groups excluding carboxylic acids is 1. The SMILES string of the molecule is Cn1ncc2c(C(=O)NC3CCN(Cc4ccccc4)CC3)cc(-c3ccc(C(F)(F)F)cc3)nc21. The minimum Gasteiger partial charge on any atom is -0.349 e. The van der Waals surface area contributed by atoms with Crippen LogP contribution in [0.2, 0.25) is 0 Å². The number of halogens is 3. The highest BCUT2D eigenvalue weighted by Gasteiger charge is 2.30. The van der Waals surface area contributed by atoms with Crippen LogP contribution in [0.25, 0.3) is 22.3 Å². The third-order valence-corrected chi connectivity index (χ3v) is 6.63. The van der Waals surface area contributed by atoms with Gasteiger partial charge in [-0.3, -0.25) is 14.4 Å². The average Bonchev–Trinajstić information content (AvgIpc) is 3.25. The second-order valence-corrected chi connectivity index (χ2v) is 9.15. The molecule has 4 aromatic rings. The number of benzene rings is 2. The average molecular weight is 494 g/mol. The summed E-state index contributed by atoms with van der Waals surface area (Å²) in [6.07, 6.45) is -1.15. The quantitative estimate of drug-likeness (QED) is 0.423. The fourth-order valence-corrected chi connectivity index (χ4v) is 4.62. The number of amides is 1. The van der Waals surface area contributed by atoms with Gasteiger partial charge < -0.3 is 5.32 Å². The number of fused-ring (bicyclic) bond motifs is 1. The van der Waals surface area contributed by atoms with Gasteiger partial charge in [-0.15, -0.1) is 0 Å². The monoisotopic (exact) mass is 493 g/mol. The van der Waals surface area contributed by atoms with Crippen molar-refractivity contribution in [1.29, 1.82) is 0 Å². The largest absolute Gasteiger partial charge is 0.416 e. The van der Waals surface area contributed by atoms with Gasteiger partial charge in [0.2, 0.25) is 0 Å². The lowest BCUT2D eigenvalue weighted by molar-refractivity contribution is -0.137.